The van der Waals surface area contributed by atoms with Gasteiger partial charge in [-0.2, -0.15) is 0 Å². The summed E-state index contributed by atoms with van der Waals surface area (Å²) in [6, 6.07) is 11.6. The Balaban J connectivity index is 0.00000256. The number of piperidine rings is 2. The van der Waals surface area contributed by atoms with Crippen molar-refractivity contribution < 1.29 is 4.52 Å². The summed E-state index contributed by atoms with van der Waals surface area (Å²) in [4.78, 5) is 9.71. The molecule has 3 heterocycles. The van der Waals surface area contributed by atoms with Gasteiger partial charge in [0.05, 0.1) is 5.69 Å². The Morgan fingerprint density at radius 3 is 2.70 bits per heavy atom. The van der Waals surface area contributed by atoms with Gasteiger partial charge in [0.2, 0.25) is 0 Å². The maximum atomic E-state index is 5.29. The van der Waals surface area contributed by atoms with E-state index < -0.39 is 0 Å². The van der Waals surface area contributed by atoms with Crippen LogP contribution in [0, 0.1) is 19.8 Å². The number of likely N-dealkylation sites (tertiary alicyclic amines) is 2. The number of aromatic nitrogens is 1. The molecule has 1 aromatic carbocycles. The van der Waals surface area contributed by atoms with Crippen LogP contribution in [-0.2, 0) is 13.1 Å². The van der Waals surface area contributed by atoms with Crippen LogP contribution in [0.2, 0.25) is 0 Å². The van der Waals surface area contributed by atoms with Gasteiger partial charge >= 0.3 is 0 Å². The molecule has 7 heteroatoms. The average molecular weight is 523 g/mol. The minimum Gasteiger partial charge on any atom is -0.361 e. The normalized spacial score (nSPS) is 22.4. The highest BCUT2D eigenvalue weighted by Crippen LogP contribution is 2.31. The molecule has 0 spiro atoms. The van der Waals surface area contributed by atoms with Gasteiger partial charge in [0.15, 0.2) is 5.96 Å². The summed E-state index contributed by atoms with van der Waals surface area (Å²) < 4.78 is 5.29. The van der Waals surface area contributed by atoms with Gasteiger partial charge in [0, 0.05) is 44.8 Å². The predicted octanol–water partition coefficient (Wildman–Crippen LogP) is 3.97. The predicted molar refractivity (Wildman–Crippen MR) is 131 cm³/mol. The Morgan fingerprint density at radius 2 is 2.00 bits per heavy atom. The molecule has 4 rings (SSSR count). The molecule has 0 aliphatic carbocycles. The fourth-order valence-electron chi connectivity index (χ4n) is 4.97. The van der Waals surface area contributed by atoms with Crippen LogP contribution < -0.4 is 5.32 Å². The second-order valence-corrected chi connectivity index (χ2v) is 8.36. The SMILES string of the molecule is CN=C(NCc1c(C)noc1C)N1CCC2C(CCCN2Cc2ccccc2)C1.I. The Labute approximate surface area is 197 Å². The van der Waals surface area contributed by atoms with Crippen LogP contribution >= 0.6 is 24.0 Å². The number of aryl methyl sites for hydroxylation is 2. The molecule has 2 unspecified atom stereocenters. The number of benzene rings is 1. The van der Waals surface area contributed by atoms with Crippen molar-refractivity contribution in [3.05, 3.63) is 52.9 Å². The highest BCUT2D eigenvalue weighted by molar-refractivity contribution is 14.0. The first-order valence-corrected chi connectivity index (χ1v) is 10.8. The highest BCUT2D eigenvalue weighted by atomic mass is 127. The van der Waals surface area contributed by atoms with Crippen LogP contribution in [0.15, 0.2) is 39.8 Å². The van der Waals surface area contributed by atoms with Gasteiger partial charge in [-0.15, -0.1) is 24.0 Å². The minimum atomic E-state index is 0. The van der Waals surface area contributed by atoms with E-state index in [-0.39, 0.29) is 24.0 Å². The van der Waals surface area contributed by atoms with E-state index in [2.05, 4.69) is 55.6 Å². The molecule has 2 fully saturated rings. The number of fused-ring (bicyclic) bond motifs is 1. The second-order valence-electron chi connectivity index (χ2n) is 8.36. The molecule has 2 aliphatic rings. The van der Waals surface area contributed by atoms with E-state index in [9.17, 15) is 0 Å². The first-order valence-electron chi connectivity index (χ1n) is 10.8. The molecule has 1 N–H and O–H groups in total. The van der Waals surface area contributed by atoms with Gasteiger partial charge in [-0.25, -0.2) is 0 Å². The zero-order valence-corrected chi connectivity index (χ0v) is 20.6. The number of nitrogens with zero attached hydrogens (tertiary/aromatic N) is 4. The number of halogens is 1. The molecule has 2 aliphatic heterocycles. The van der Waals surface area contributed by atoms with Crippen LogP contribution in [0.1, 0.15) is 41.8 Å². The molecule has 0 bridgehead atoms. The first kappa shape index (κ1) is 23.1. The number of aliphatic imine (C=N–C) groups is 1. The topological polar surface area (TPSA) is 56.9 Å². The van der Waals surface area contributed by atoms with Crippen molar-refractivity contribution in [2.24, 2.45) is 10.9 Å². The van der Waals surface area contributed by atoms with Crippen molar-refractivity contribution in [2.45, 2.75) is 52.2 Å². The summed E-state index contributed by atoms with van der Waals surface area (Å²) in [7, 11) is 1.88. The van der Waals surface area contributed by atoms with Crippen molar-refractivity contribution in [1.29, 1.82) is 0 Å². The zero-order chi connectivity index (χ0) is 20.2. The largest absolute Gasteiger partial charge is 0.361 e. The van der Waals surface area contributed by atoms with E-state index in [1.807, 2.05) is 20.9 Å². The van der Waals surface area contributed by atoms with Crippen LogP contribution in [0.25, 0.3) is 0 Å². The van der Waals surface area contributed by atoms with E-state index in [4.69, 9.17) is 4.52 Å². The fraction of sp³-hybridized carbons (Fsp3) is 0.565. The van der Waals surface area contributed by atoms with Gasteiger partial charge < -0.3 is 14.7 Å². The Hall–Kier alpha value is -1.61. The average Bonchev–Trinajstić information content (AvgIpc) is 3.07. The van der Waals surface area contributed by atoms with Gasteiger partial charge in [-0.05, 0) is 51.1 Å². The smallest absolute Gasteiger partial charge is 0.193 e. The van der Waals surface area contributed by atoms with Crippen LogP contribution in [0.3, 0.4) is 0 Å². The van der Waals surface area contributed by atoms with Crippen molar-refractivity contribution in [3.8, 4) is 0 Å². The van der Waals surface area contributed by atoms with E-state index in [0.717, 1.165) is 42.6 Å². The van der Waals surface area contributed by atoms with Crippen molar-refractivity contribution in [1.82, 2.24) is 20.3 Å². The Bertz CT molecular complexity index is 818. The van der Waals surface area contributed by atoms with Gasteiger partial charge in [-0.1, -0.05) is 35.5 Å². The summed E-state index contributed by atoms with van der Waals surface area (Å²) in [6.45, 7) is 9.08. The van der Waals surface area contributed by atoms with Gasteiger partial charge in [0.1, 0.15) is 5.76 Å². The molecule has 6 nitrogen and oxygen atoms in total. The molecule has 0 saturated carbocycles. The third-order valence-corrected chi connectivity index (χ3v) is 6.53. The summed E-state index contributed by atoms with van der Waals surface area (Å²) >= 11 is 0. The lowest BCUT2D eigenvalue weighted by atomic mass is 9.83. The zero-order valence-electron chi connectivity index (χ0n) is 18.3. The van der Waals surface area contributed by atoms with E-state index >= 15 is 0 Å². The van der Waals surface area contributed by atoms with Crippen LogP contribution in [0.5, 0.6) is 0 Å². The number of nitrogens with one attached hydrogen (secondary N) is 1. The number of rotatable bonds is 4. The molecular weight excluding hydrogens is 489 g/mol. The van der Waals surface area contributed by atoms with Crippen molar-refractivity contribution >= 4 is 29.9 Å². The Kier molecular flexibility index (Phi) is 8.16. The summed E-state index contributed by atoms with van der Waals surface area (Å²) in [5.74, 6) is 2.58. The fourth-order valence-corrected chi connectivity index (χ4v) is 4.97. The number of guanidine groups is 1. The summed E-state index contributed by atoms with van der Waals surface area (Å²) in [5.41, 5.74) is 3.51. The monoisotopic (exact) mass is 523 g/mol. The lowest BCUT2D eigenvalue weighted by Crippen LogP contribution is -2.56. The van der Waals surface area contributed by atoms with Crippen molar-refractivity contribution in [2.75, 3.05) is 26.7 Å². The van der Waals surface area contributed by atoms with E-state index in [1.54, 1.807) is 0 Å². The quantitative estimate of drug-likeness (QED) is 0.374. The lowest BCUT2D eigenvalue weighted by molar-refractivity contribution is 0.0372. The minimum absolute atomic E-state index is 0. The standard InChI is InChI=1S/C23H33N5O.HI/c1-17-21(18(2)29-26-17)14-25-23(24-3)28-13-11-22-20(16-28)10-7-12-27(22)15-19-8-5-4-6-9-19;/h4-6,8-9,20,22H,7,10-16H2,1-3H3,(H,24,25);1H. The van der Waals surface area contributed by atoms with Crippen LogP contribution in [-0.4, -0.2) is 53.6 Å². The summed E-state index contributed by atoms with van der Waals surface area (Å²) in [6.07, 6.45) is 3.80. The molecule has 0 amide bonds. The maximum absolute atomic E-state index is 5.29. The molecule has 1 aromatic heterocycles. The third kappa shape index (κ3) is 5.17. The molecule has 30 heavy (non-hydrogen) atoms. The van der Waals surface area contributed by atoms with E-state index in [0.29, 0.717) is 18.5 Å². The van der Waals surface area contributed by atoms with Crippen molar-refractivity contribution in [3.63, 3.8) is 0 Å². The lowest BCUT2D eigenvalue weighted by Gasteiger charge is -2.48. The second kappa shape index (κ2) is 10.6. The maximum Gasteiger partial charge on any atom is 0.193 e. The van der Waals surface area contributed by atoms with Crippen LogP contribution in [0.4, 0.5) is 0 Å². The molecule has 2 atom stereocenters. The third-order valence-electron chi connectivity index (χ3n) is 6.53. The molecular formula is C23H34IN5O. The molecule has 164 valence electrons. The highest BCUT2D eigenvalue weighted by Gasteiger charge is 2.36. The number of hydrogen-bond donors (Lipinski definition) is 1. The van der Waals surface area contributed by atoms with Gasteiger partial charge in [-0.3, -0.25) is 9.89 Å². The number of hydrogen-bond acceptors (Lipinski definition) is 4. The van der Waals surface area contributed by atoms with Gasteiger partial charge in [0.25, 0.3) is 0 Å². The molecule has 0 radical (unpaired) electrons. The Morgan fingerprint density at radius 1 is 1.20 bits per heavy atom. The molecule has 2 saturated heterocycles. The first-order chi connectivity index (χ1) is 14.2. The summed E-state index contributed by atoms with van der Waals surface area (Å²) in [5, 5.41) is 7.59. The molecule has 2 aromatic rings. The van der Waals surface area contributed by atoms with E-state index in [1.165, 1.54) is 31.4 Å².